The molecule has 20 heavy (non-hydrogen) atoms. The topological polar surface area (TPSA) is 42.7 Å². The fraction of sp³-hybridized carbons (Fsp3) is 0.600. The van der Waals surface area contributed by atoms with Crippen molar-refractivity contribution in [1.29, 1.82) is 0 Å². The molecule has 1 saturated carbocycles. The number of hydrogen-bond donors (Lipinski definition) is 1. The molecule has 0 unspecified atom stereocenters. The molecule has 2 aromatic heterocycles. The number of nitrogens with one attached hydrogen (secondary N) is 1. The SMILES string of the molecule is CCc1nn(-c2nccs2)c(CC)c1CCNC1CC1. The van der Waals surface area contributed by atoms with E-state index in [1.54, 1.807) is 11.3 Å². The van der Waals surface area contributed by atoms with Gasteiger partial charge in [0.1, 0.15) is 0 Å². The molecular formula is C15H22N4S. The van der Waals surface area contributed by atoms with Crippen LogP contribution in [0.15, 0.2) is 11.6 Å². The van der Waals surface area contributed by atoms with Crippen LogP contribution in [0.1, 0.15) is 43.6 Å². The Labute approximate surface area is 124 Å². The second-order valence-electron chi connectivity index (χ2n) is 5.28. The van der Waals surface area contributed by atoms with E-state index in [0.29, 0.717) is 0 Å². The normalized spacial score (nSPS) is 14.9. The lowest BCUT2D eigenvalue weighted by molar-refractivity contribution is 0.676. The molecule has 0 bridgehead atoms. The highest BCUT2D eigenvalue weighted by Gasteiger charge is 2.21. The van der Waals surface area contributed by atoms with Gasteiger partial charge in [-0.25, -0.2) is 9.67 Å². The molecule has 0 aromatic carbocycles. The van der Waals surface area contributed by atoms with E-state index in [0.717, 1.165) is 37.0 Å². The number of nitrogens with zero attached hydrogens (tertiary/aromatic N) is 3. The third kappa shape index (κ3) is 2.79. The first-order chi connectivity index (χ1) is 9.83. The first-order valence-electron chi connectivity index (χ1n) is 7.56. The number of thiazole rings is 1. The van der Waals surface area contributed by atoms with Crippen LogP contribution in [0, 0.1) is 0 Å². The average Bonchev–Trinajstić information content (AvgIpc) is 3.01. The van der Waals surface area contributed by atoms with Gasteiger partial charge in [0.2, 0.25) is 5.13 Å². The third-order valence-electron chi connectivity index (χ3n) is 3.83. The summed E-state index contributed by atoms with van der Waals surface area (Å²) in [7, 11) is 0. The predicted molar refractivity (Wildman–Crippen MR) is 82.7 cm³/mol. The van der Waals surface area contributed by atoms with Crippen molar-refractivity contribution in [2.75, 3.05) is 6.54 Å². The third-order valence-corrected chi connectivity index (χ3v) is 4.58. The van der Waals surface area contributed by atoms with Crippen molar-refractivity contribution in [2.45, 2.75) is 52.0 Å². The fourth-order valence-electron chi connectivity index (χ4n) is 2.64. The summed E-state index contributed by atoms with van der Waals surface area (Å²) in [6.45, 7) is 5.46. The van der Waals surface area contributed by atoms with Crippen molar-refractivity contribution >= 4 is 11.3 Å². The molecule has 5 heteroatoms. The van der Waals surface area contributed by atoms with Crippen LogP contribution in [0.5, 0.6) is 0 Å². The largest absolute Gasteiger partial charge is 0.314 e. The van der Waals surface area contributed by atoms with Crippen molar-refractivity contribution in [3.63, 3.8) is 0 Å². The average molecular weight is 290 g/mol. The van der Waals surface area contributed by atoms with Gasteiger partial charge in [-0.2, -0.15) is 5.10 Å². The summed E-state index contributed by atoms with van der Waals surface area (Å²) >= 11 is 1.65. The Hall–Kier alpha value is -1.20. The Kier molecular flexibility index (Phi) is 4.17. The van der Waals surface area contributed by atoms with Gasteiger partial charge < -0.3 is 5.32 Å². The van der Waals surface area contributed by atoms with E-state index in [4.69, 9.17) is 5.10 Å². The molecule has 2 aromatic rings. The molecule has 0 radical (unpaired) electrons. The summed E-state index contributed by atoms with van der Waals surface area (Å²) in [6.07, 6.45) is 7.62. The lowest BCUT2D eigenvalue weighted by Crippen LogP contribution is -2.20. The summed E-state index contributed by atoms with van der Waals surface area (Å²) in [5, 5.41) is 11.4. The van der Waals surface area contributed by atoms with Gasteiger partial charge >= 0.3 is 0 Å². The van der Waals surface area contributed by atoms with Crippen LogP contribution in [-0.2, 0) is 19.3 Å². The monoisotopic (exact) mass is 290 g/mol. The molecule has 0 atom stereocenters. The number of aromatic nitrogens is 3. The Bertz CT molecular complexity index is 555. The van der Waals surface area contributed by atoms with Crippen molar-refractivity contribution in [1.82, 2.24) is 20.1 Å². The van der Waals surface area contributed by atoms with Crippen molar-refractivity contribution in [2.24, 2.45) is 0 Å². The fourth-order valence-corrected chi connectivity index (χ4v) is 3.26. The minimum atomic E-state index is 0.777. The Balaban J connectivity index is 1.85. The van der Waals surface area contributed by atoms with Gasteiger partial charge in [-0.15, -0.1) is 11.3 Å². The molecule has 1 aliphatic carbocycles. The predicted octanol–water partition coefficient (Wildman–Crippen LogP) is 2.75. The molecular weight excluding hydrogens is 268 g/mol. The first-order valence-corrected chi connectivity index (χ1v) is 8.44. The van der Waals surface area contributed by atoms with Gasteiger partial charge in [-0.05, 0) is 44.2 Å². The Morgan fingerprint density at radius 2 is 2.20 bits per heavy atom. The molecule has 0 spiro atoms. The number of aryl methyl sites for hydroxylation is 1. The van der Waals surface area contributed by atoms with Crippen LogP contribution in [-0.4, -0.2) is 27.4 Å². The highest BCUT2D eigenvalue weighted by atomic mass is 32.1. The van der Waals surface area contributed by atoms with Gasteiger partial charge in [0, 0.05) is 17.6 Å². The summed E-state index contributed by atoms with van der Waals surface area (Å²) in [5.41, 5.74) is 3.99. The second kappa shape index (κ2) is 6.06. The highest BCUT2D eigenvalue weighted by molar-refractivity contribution is 7.12. The minimum Gasteiger partial charge on any atom is -0.314 e. The van der Waals surface area contributed by atoms with Crippen LogP contribution in [0.25, 0.3) is 5.13 Å². The highest BCUT2D eigenvalue weighted by Crippen LogP contribution is 2.23. The molecule has 1 fully saturated rings. The minimum absolute atomic E-state index is 0.777. The molecule has 1 aliphatic rings. The van der Waals surface area contributed by atoms with Crippen LogP contribution >= 0.6 is 11.3 Å². The lowest BCUT2D eigenvalue weighted by Gasteiger charge is -2.06. The summed E-state index contributed by atoms with van der Waals surface area (Å²) in [4.78, 5) is 4.41. The molecule has 4 nitrogen and oxygen atoms in total. The van der Waals surface area contributed by atoms with E-state index in [-0.39, 0.29) is 0 Å². The van der Waals surface area contributed by atoms with E-state index in [2.05, 4.69) is 28.8 Å². The zero-order valence-electron chi connectivity index (χ0n) is 12.2. The van der Waals surface area contributed by atoms with Gasteiger partial charge in [-0.3, -0.25) is 0 Å². The van der Waals surface area contributed by atoms with Crippen molar-refractivity contribution in [3.05, 3.63) is 28.5 Å². The maximum atomic E-state index is 4.79. The molecule has 1 N–H and O–H groups in total. The quantitative estimate of drug-likeness (QED) is 0.852. The summed E-state index contributed by atoms with van der Waals surface area (Å²) in [6, 6.07) is 0.777. The molecule has 0 aliphatic heterocycles. The molecule has 3 rings (SSSR count). The van der Waals surface area contributed by atoms with Gasteiger partial charge in [0.15, 0.2) is 0 Å². The summed E-state index contributed by atoms with van der Waals surface area (Å²) < 4.78 is 2.05. The molecule has 2 heterocycles. The Morgan fingerprint density at radius 1 is 1.35 bits per heavy atom. The van der Waals surface area contributed by atoms with Crippen molar-refractivity contribution in [3.8, 4) is 5.13 Å². The summed E-state index contributed by atoms with van der Waals surface area (Å²) in [5.74, 6) is 0. The van der Waals surface area contributed by atoms with Gasteiger partial charge in [-0.1, -0.05) is 13.8 Å². The maximum absolute atomic E-state index is 4.79. The van der Waals surface area contributed by atoms with Gasteiger partial charge in [0.25, 0.3) is 0 Å². The van der Waals surface area contributed by atoms with Gasteiger partial charge in [0.05, 0.1) is 11.4 Å². The van der Waals surface area contributed by atoms with Crippen LogP contribution in [0.4, 0.5) is 0 Å². The lowest BCUT2D eigenvalue weighted by atomic mass is 10.1. The van der Waals surface area contributed by atoms with Crippen molar-refractivity contribution < 1.29 is 0 Å². The molecule has 0 saturated heterocycles. The van der Waals surface area contributed by atoms with Crippen LogP contribution < -0.4 is 5.32 Å². The van der Waals surface area contributed by atoms with E-state index < -0.39 is 0 Å². The van der Waals surface area contributed by atoms with E-state index in [1.807, 2.05) is 11.6 Å². The molecule has 0 amide bonds. The zero-order chi connectivity index (χ0) is 13.9. The first kappa shape index (κ1) is 13.8. The van der Waals surface area contributed by atoms with E-state index in [1.165, 1.54) is 29.8 Å². The van der Waals surface area contributed by atoms with E-state index in [9.17, 15) is 0 Å². The maximum Gasteiger partial charge on any atom is 0.210 e. The molecule has 108 valence electrons. The number of hydrogen-bond acceptors (Lipinski definition) is 4. The standard InChI is InChI=1S/C15H22N4S/c1-3-13-12(7-8-16-11-5-6-11)14(4-2)19(18-13)15-17-9-10-20-15/h9-11,16H,3-8H2,1-2H3. The second-order valence-corrected chi connectivity index (χ2v) is 6.16. The van der Waals surface area contributed by atoms with Crippen LogP contribution in [0.3, 0.4) is 0 Å². The van der Waals surface area contributed by atoms with Crippen LogP contribution in [0.2, 0.25) is 0 Å². The van der Waals surface area contributed by atoms with E-state index >= 15 is 0 Å². The zero-order valence-corrected chi connectivity index (χ0v) is 13.0. The Morgan fingerprint density at radius 3 is 2.80 bits per heavy atom. The number of rotatable bonds is 7. The smallest absolute Gasteiger partial charge is 0.210 e.